The normalized spacial score (nSPS) is 11.6. The van der Waals surface area contributed by atoms with Gasteiger partial charge in [0.2, 0.25) is 10.0 Å². The molecule has 7 nitrogen and oxygen atoms in total. The Balaban J connectivity index is 1.86. The molecule has 9 heteroatoms. The maximum absolute atomic E-state index is 12.8. The first-order valence-electron chi connectivity index (χ1n) is 8.82. The number of nitrogens with zero attached hydrogens (tertiary/aromatic N) is 3. The molecule has 1 heterocycles. The number of nitrogens with one attached hydrogen (secondary N) is 1. The Labute approximate surface area is 175 Å². The minimum absolute atomic E-state index is 0.0361. The summed E-state index contributed by atoms with van der Waals surface area (Å²) < 4.78 is 27.7. The van der Waals surface area contributed by atoms with E-state index in [0.29, 0.717) is 11.3 Å². The van der Waals surface area contributed by atoms with E-state index in [4.69, 9.17) is 11.6 Å². The Hall–Kier alpha value is -2.68. The topological polar surface area (TPSA) is 84.3 Å². The minimum Gasteiger partial charge on any atom is -0.348 e. The lowest BCUT2D eigenvalue weighted by Gasteiger charge is -2.15. The van der Waals surface area contributed by atoms with E-state index in [1.54, 1.807) is 25.1 Å². The zero-order valence-electron chi connectivity index (χ0n) is 16.3. The highest BCUT2D eigenvalue weighted by atomic mass is 35.5. The molecular weight excluding hydrogens is 412 g/mol. The van der Waals surface area contributed by atoms with Gasteiger partial charge in [-0.3, -0.25) is 4.79 Å². The van der Waals surface area contributed by atoms with Crippen molar-refractivity contribution in [3.05, 3.63) is 76.6 Å². The summed E-state index contributed by atoms with van der Waals surface area (Å²) in [5.74, 6) is -0.424. The SMILES string of the molecule is Cc1nn(-c2ccccc2)c(Cl)c1C(=O)NCc1ccccc1S(=O)(=O)N(C)C. The van der Waals surface area contributed by atoms with Crippen molar-refractivity contribution in [1.82, 2.24) is 19.4 Å². The Morgan fingerprint density at radius 3 is 2.38 bits per heavy atom. The van der Waals surface area contributed by atoms with Crippen molar-refractivity contribution >= 4 is 27.5 Å². The van der Waals surface area contributed by atoms with Crippen molar-refractivity contribution in [3.8, 4) is 5.69 Å². The molecule has 0 radical (unpaired) electrons. The highest BCUT2D eigenvalue weighted by Gasteiger charge is 2.23. The lowest BCUT2D eigenvalue weighted by Crippen LogP contribution is -2.27. The van der Waals surface area contributed by atoms with Crippen LogP contribution in [0.4, 0.5) is 0 Å². The number of benzene rings is 2. The molecule has 0 fully saturated rings. The highest BCUT2D eigenvalue weighted by molar-refractivity contribution is 7.89. The number of para-hydroxylation sites is 1. The highest BCUT2D eigenvalue weighted by Crippen LogP contribution is 2.24. The molecule has 0 aliphatic rings. The van der Waals surface area contributed by atoms with E-state index in [-0.39, 0.29) is 22.2 Å². The van der Waals surface area contributed by atoms with Gasteiger partial charge in [0, 0.05) is 20.6 Å². The summed E-state index contributed by atoms with van der Waals surface area (Å²) in [6.07, 6.45) is 0. The van der Waals surface area contributed by atoms with Gasteiger partial charge in [-0.1, -0.05) is 48.0 Å². The predicted octanol–water partition coefficient (Wildman–Crippen LogP) is 3.01. The molecule has 0 aliphatic carbocycles. The van der Waals surface area contributed by atoms with Gasteiger partial charge in [0.05, 0.1) is 21.8 Å². The van der Waals surface area contributed by atoms with Gasteiger partial charge < -0.3 is 5.32 Å². The van der Waals surface area contributed by atoms with Crippen molar-refractivity contribution < 1.29 is 13.2 Å². The van der Waals surface area contributed by atoms with Crippen LogP contribution >= 0.6 is 11.6 Å². The first-order valence-corrected chi connectivity index (χ1v) is 10.6. The van der Waals surface area contributed by atoms with Crippen LogP contribution in [-0.4, -0.2) is 42.5 Å². The Bertz CT molecular complexity index is 1140. The second kappa shape index (κ2) is 8.36. The molecule has 0 bridgehead atoms. The fourth-order valence-electron chi connectivity index (χ4n) is 2.86. The zero-order valence-corrected chi connectivity index (χ0v) is 17.8. The van der Waals surface area contributed by atoms with Crippen molar-refractivity contribution in [2.24, 2.45) is 0 Å². The molecule has 1 amide bonds. The fourth-order valence-corrected chi connectivity index (χ4v) is 4.33. The van der Waals surface area contributed by atoms with Gasteiger partial charge in [0.15, 0.2) is 0 Å². The van der Waals surface area contributed by atoms with Crippen molar-refractivity contribution in [3.63, 3.8) is 0 Å². The smallest absolute Gasteiger partial charge is 0.256 e. The van der Waals surface area contributed by atoms with Crippen LogP contribution in [0.3, 0.4) is 0 Å². The number of hydrogen-bond acceptors (Lipinski definition) is 4. The molecule has 0 saturated heterocycles. The summed E-state index contributed by atoms with van der Waals surface area (Å²) >= 11 is 6.42. The van der Waals surface area contributed by atoms with Gasteiger partial charge in [-0.15, -0.1) is 0 Å². The van der Waals surface area contributed by atoms with Crippen LogP contribution < -0.4 is 5.32 Å². The number of amides is 1. The summed E-state index contributed by atoms with van der Waals surface area (Å²) in [6, 6.07) is 15.8. The Kier molecular flexibility index (Phi) is 6.07. The molecule has 152 valence electrons. The lowest BCUT2D eigenvalue weighted by molar-refractivity contribution is 0.0950. The summed E-state index contributed by atoms with van der Waals surface area (Å²) in [7, 11) is -0.701. The van der Waals surface area contributed by atoms with E-state index in [1.807, 2.05) is 30.3 Å². The van der Waals surface area contributed by atoms with Crippen LogP contribution in [0, 0.1) is 6.92 Å². The van der Waals surface area contributed by atoms with E-state index in [1.165, 1.54) is 24.8 Å². The molecule has 1 aromatic heterocycles. The molecule has 0 aliphatic heterocycles. The molecule has 29 heavy (non-hydrogen) atoms. The summed E-state index contributed by atoms with van der Waals surface area (Å²) in [5.41, 5.74) is 1.95. The Morgan fingerprint density at radius 1 is 1.10 bits per heavy atom. The van der Waals surface area contributed by atoms with Gasteiger partial charge in [0.1, 0.15) is 5.15 Å². The van der Waals surface area contributed by atoms with Crippen molar-refractivity contribution in [1.29, 1.82) is 0 Å². The molecule has 0 spiro atoms. The first-order chi connectivity index (χ1) is 13.7. The van der Waals surface area contributed by atoms with Crippen molar-refractivity contribution in [2.45, 2.75) is 18.4 Å². The third-order valence-corrected chi connectivity index (χ3v) is 6.67. The predicted molar refractivity (Wildman–Crippen MR) is 112 cm³/mol. The van der Waals surface area contributed by atoms with Crippen LogP contribution in [-0.2, 0) is 16.6 Å². The van der Waals surface area contributed by atoms with Crippen LogP contribution in [0.15, 0.2) is 59.5 Å². The maximum Gasteiger partial charge on any atom is 0.256 e. The number of sulfonamides is 1. The number of rotatable bonds is 6. The largest absolute Gasteiger partial charge is 0.348 e. The molecule has 3 aromatic rings. The van der Waals surface area contributed by atoms with Gasteiger partial charge >= 0.3 is 0 Å². The molecule has 3 rings (SSSR count). The fraction of sp³-hybridized carbons (Fsp3) is 0.200. The van der Waals surface area contributed by atoms with E-state index in [9.17, 15) is 13.2 Å². The van der Waals surface area contributed by atoms with Crippen LogP contribution in [0.2, 0.25) is 5.15 Å². The molecule has 2 aromatic carbocycles. The number of halogens is 1. The number of hydrogen-bond donors (Lipinski definition) is 1. The quantitative estimate of drug-likeness (QED) is 0.648. The first kappa shape index (κ1) is 21.0. The summed E-state index contributed by atoms with van der Waals surface area (Å²) in [5, 5.41) is 7.31. The summed E-state index contributed by atoms with van der Waals surface area (Å²) in [6.45, 7) is 1.74. The molecular formula is C20H21ClN4O3S. The number of aryl methyl sites for hydroxylation is 1. The van der Waals surface area contributed by atoms with E-state index < -0.39 is 15.9 Å². The number of carbonyl (C=O) groups excluding carboxylic acids is 1. The third kappa shape index (κ3) is 4.19. The average Bonchev–Trinajstić information content (AvgIpc) is 3.01. The van der Waals surface area contributed by atoms with Gasteiger partial charge in [0.25, 0.3) is 5.91 Å². The van der Waals surface area contributed by atoms with Gasteiger partial charge in [-0.25, -0.2) is 17.4 Å². The van der Waals surface area contributed by atoms with E-state index in [0.717, 1.165) is 9.99 Å². The van der Waals surface area contributed by atoms with Gasteiger partial charge in [-0.2, -0.15) is 5.10 Å². The molecule has 0 unspecified atom stereocenters. The monoisotopic (exact) mass is 432 g/mol. The maximum atomic E-state index is 12.8. The average molecular weight is 433 g/mol. The van der Waals surface area contributed by atoms with Crippen molar-refractivity contribution in [2.75, 3.05) is 14.1 Å². The van der Waals surface area contributed by atoms with E-state index in [2.05, 4.69) is 10.4 Å². The van der Waals surface area contributed by atoms with Crippen LogP contribution in [0.5, 0.6) is 0 Å². The van der Waals surface area contributed by atoms with Crippen LogP contribution in [0.25, 0.3) is 5.69 Å². The molecule has 1 N–H and O–H groups in total. The van der Waals surface area contributed by atoms with Gasteiger partial charge in [-0.05, 0) is 30.7 Å². The second-order valence-electron chi connectivity index (χ2n) is 6.58. The number of aromatic nitrogens is 2. The Morgan fingerprint density at radius 2 is 1.72 bits per heavy atom. The standard InChI is InChI=1S/C20H21ClN4O3S/c1-14-18(19(21)25(23-14)16-10-5-4-6-11-16)20(26)22-13-15-9-7-8-12-17(15)29(27,28)24(2)3/h4-12H,13H2,1-3H3,(H,22,26). The third-order valence-electron chi connectivity index (χ3n) is 4.40. The zero-order chi connectivity index (χ0) is 21.2. The van der Waals surface area contributed by atoms with E-state index >= 15 is 0 Å². The number of carbonyl (C=O) groups is 1. The van der Waals surface area contributed by atoms with Crippen LogP contribution in [0.1, 0.15) is 21.6 Å². The lowest BCUT2D eigenvalue weighted by atomic mass is 10.2. The molecule has 0 atom stereocenters. The molecule has 0 saturated carbocycles. The summed E-state index contributed by atoms with van der Waals surface area (Å²) in [4.78, 5) is 12.9. The minimum atomic E-state index is -3.63. The second-order valence-corrected chi connectivity index (χ2v) is 9.05.